The van der Waals surface area contributed by atoms with Gasteiger partial charge in [-0.1, -0.05) is 40.2 Å². The van der Waals surface area contributed by atoms with Crippen LogP contribution in [0.5, 0.6) is 0 Å². The number of hydrogen-bond acceptors (Lipinski definition) is 0. The molecule has 0 radical (unpaired) electrons. The molecule has 0 N–H and O–H groups in total. The van der Waals surface area contributed by atoms with Gasteiger partial charge in [-0.25, -0.2) is 4.57 Å². The molecule has 0 amide bonds. The molecule has 0 aliphatic heterocycles. The highest BCUT2D eigenvalue weighted by atomic mass is 79.9. The largest absolute Gasteiger partial charge is 0.208 e. The Morgan fingerprint density at radius 3 is 2.38 bits per heavy atom. The van der Waals surface area contributed by atoms with Crippen LogP contribution < -0.4 is 4.57 Å². The Kier molecular flexibility index (Phi) is 3.52. The number of halogens is 1. The first kappa shape index (κ1) is 11.1. The monoisotopic (exact) mass is 274 g/mol. The van der Waals surface area contributed by atoms with E-state index in [0.717, 1.165) is 4.47 Å². The van der Waals surface area contributed by atoms with Gasteiger partial charge in [0, 0.05) is 16.6 Å². The molecule has 0 aliphatic rings. The van der Waals surface area contributed by atoms with Crippen molar-refractivity contribution in [1.29, 1.82) is 0 Å². The molecule has 1 aromatic heterocycles. The van der Waals surface area contributed by atoms with Crippen molar-refractivity contribution in [2.75, 3.05) is 0 Å². The van der Waals surface area contributed by atoms with Crippen LogP contribution in [0.1, 0.15) is 11.1 Å². The number of aryl methyl sites for hydroxylation is 1. The smallest absolute Gasteiger partial charge is 0.169 e. The van der Waals surface area contributed by atoms with Gasteiger partial charge >= 0.3 is 0 Å². The minimum atomic E-state index is 1.11. The average Bonchev–Trinajstić information content (AvgIpc) is 2.28. The second-order valence-electron chi connectivity index (χ2n) is 3.69. The van der Waals surface area contributed by atoms with Gasteiger partial charge in [0.1, 0.15) is 7.05 Å². The summed E-state index contributed by atoms with van der Waals surface area (Å²) >= 11 is 3.46. The zero-order chi connectivity index (χ0) is 11.4. The molecular weight excluding hydrogens is 262 g/mol. The Hall–Kier alpha value is -1.41. The minimum absolute atomic E-state index is 1.11. The van der Waals surface area contributed by atoms with Crippen molar-refractivity contribution in [2.24, 2.45) is 7.05 Å². The summed E-state index contributed by atoms with van der Waals surface area (Å²) in [5.74, 6) is 0. The third-order valence-electron chi connectivity index (χ3n) is 2.32. The van der Waals surface area contributed by atoms with Gasteiger partial charge in [-0.15, -0.1) is 0 Å². The zero-order valence-corrected chi connectivity index (χ0v) is 10.7. The molecule has 0 bridgehead atoms. The van der Waals surface area contributed by atoms with E-state index in [1.807, 2.05) is 36.1 Å². The molecule has 0 atom stereocenters. The van der Waals surface area contributed by atoms with Gasteiger partial charge in [0.25, 0.3) is 0 Å². The maximum Gasteiger partial charge on any atom is 0.169 e. The summed E-state index contributed by atoms with van der Waals surface area (Å²) in [6.45, 7) is 0. The van der Waals surface area contributed by atoms with Gasteiger partial charge in [0.05, 0.1) is 0 Å². The van der Waals surface area contributed by atoms with Crippen LogP contribution in [0.2, 0.25) is 0 Å². The van der Waals surface area contributed by atoms with E-state index in [-0.39, 0.29) is 0 Å². The molecular formula is C14H13BrN+. The summed E-state index contributed by atoms with van der Waals surface area (Å²) in [6.07, 6.45) is 8.31. The van der Waals surface area contributed by atoms with Gasteiger partial charge in [-0.2, -0.15) is 0 Å². The van der Waals surface area contributed by atoms with E-state index < -0.39 is 0 Å². The highest BCUT2D eigenvalue weighted by molar-refractivity contribution is 9.10. The quantitative estimate of drug-likeness (QED) is 0.739. The van der Waals surface area contributed by atoms with Crippen LogP contribution in [0.4, 0.5) is 0 Å². The standard InChI is InChI=1S/C14H13BrN/c1-16-9-7-12(8-10-16)5-6-13-3-2-4-14(15)11-13/h2-11H,1H3/q+1/b6-5+. The lowest BCUT2D eigenvalue weighted by molar-refractivity contribution is -0.671. The van der Waals surface area contributed by atoms with Crippen LogP contribution in [-0.4, -0.2) is 0 Å². The normalized spacial score (nSPS) is 10.9. The molecule has 0 saturated carbocycles. The molecule has 16 heavy (non-hydrogen) atoms. The SMILES string of the molecule is C[n+]1ccc(/C=C/c2cccc(Br)c2)cc1. The Morgan fingerprint density at radius 1 is 1.00 bits per heavy atom. The molecule has 2 heteroatoms. The van der Waals surface area contributed by atoms with Gasteiger partial charge in [0.15, 0.2) is 12.4 Å². The Balaban J connectivity index is 2.18. The molecule has 80 valence electrons. The van der Waals surface area contributed by atoms with Crippen molar-refractivity contribution in [3.63, 3.8) is 0 Å². The fourth-order valence-corrected chi connectivity index (χ4v) is 1.84. The van der Waals surface area contributed by atoms with Gasteiger partial charge in [-0.3, -0.25) is 0 Å². The Morgan fingerprint density at radius 2 is 1.69 bits per heavy atom. The van der Waals surface area contributed by atoms with E-state index in [2.05, 4.69) is 52.3 Å². The van der Waals surface area contributed by atoms with Crippen LogP contribution in [0.25, 0.3) is 12.2 Å². The van der Waals surface area contributed by atoms with Crippen LogP contribution in [0.15, 0.2) is 53.3 Å². The molecule has 1 heterocycles. The number of aromatic nitrogens is 1. The van der Waals surface area contributed by atoms with Crippen molar-refractivity contribution in [2.45, 2.75) is 0 Å². The predicted molar refractivity (Wildman–Crippen MR) is 70.7 cm³/mol. The van der Waals surface area contributed by atoms with Crippen molar-refractivity contribution in [3.8, 4) is 0 Å². The fourth-order valence-electron chi connectivity index (χ4n) is 1.43. The second kappa shape index (κ2) is 5.08. The molecule has 0 saturated heterocycles. The highest BCUT2D eigenvalue weighted by Gasteiger charge is 1.92. The molecule has 0 aliphatic carbocycles. The second-order valence-corrected chi connectivity index (χ2v) is 4.60. The number of benzene rings is 1. The zero-order valence-electron chi connectivity index (χ0n) is 9.10. The highest BCUT2D eigenvalue weighted by Crippen LogP contribution is 2.13. The molecule has 1 nitrogen and oxygen atoms in total. The van der Waals surface area contributed by atoms with Crippen LogP contribution in [-0.2, 0) is 7.05 Å². The average molecular weight is 275 g/mol. The number of pyridine rings is 1. The van der Waals surface area contributed by atoms with Crippen LogP contribution in [0, 0.1) is 0 Å². The van der Waals surface area contributed by atoms with Gasteiger partial charge in [-0.05, 0) is 23.3 Å². The maximum atomic E-state index is 3.46. The molecule has 0 unspecified atom stereocenters. The van der Waals surface area contributed by atoms with E-state index in [1.54, 1.807) is 0 Å². The van der Waals surface area contributed by atoms with Gasteiger partial charge in [0.2, 0.25) is 0 Å². The summed E-state index contributed by atoms with van der Waals surface area (Å²) in [5.41, 5.74) is 2.40. The number of rotatable bonds is 2. The topological polar surface area (TPSA) is 3.88 Å². The van der Waals surface area contributed by atoms with E-state index in [0.29, 0.717) is 0 Å². The summed E-state index contributed by atoms with van der Waals surface area (Å²) in [5, 5.41) is 0. The Labute approximate surface area is 104 Å². The van der Waals surface area contributed by atoms with Crippen LogP contribution >= 0.6 is 15.9 Å². The summed E-state index contributed by atoms with van der Waals surface area (Å²) in [7, 11) is 2.02. The van der Waals surface area contributed by atoms with Crippen LogP contribution in [0.3, 0.4) is 0 Å². The van der Waals surface area contributed by atoms with E-state index >= 15 is 0 Å². The van der Waals surface area contributed by atoms with Crippen molar-refractivity contribution >= 4 is 28.1 Å². The van der Waals surface area contributed by atoms with E-state index in [9.17, 15) is 0 Å². The Bertz CT molecular complexity index is 500. The summed E-state index contributed by atoms with van der Waals surface area (Å²) < 4.78 is 3.13. The van der Waals surface area contributed by atoms with Gasteiger partial charge < -0.3 is 0 Å². The van der Waals surface area contributed by atoms with Crippen molar-refractivity contribution in [1.82, 2.24) is 0 Å². The molecule has 2 aromatic rings. The first-order valence-electron chi connectivity index (χ1n) is 5.13. The maximum absolute atomic E-state index is 3.46. The third kappa shape index (κ3) is 3.04. The molecule has 2 rings (SSSR count). The van der Waals surface area contributed by atoms with Crippen molar-refractivity contribution in [3.05, 3.63) is 64.4 Å². The first-order chi connectivity index (χ1) is 7.74. The lowest BCUT2D eigenvalue weighted by atomic mass is 10.1. The lowest BCUT2D eigenvalue weighted by Gasteiger charge is -1.94. The fraction of sp³-hybridized carbons (Fsp3) is 0.0714. The van der Waals surface area contributed by atoms with E-state index in [1.165, 1.54) is 11.1 Å². The molecule has 0 fully saturated rings. The molecule has 0 spiro atoms. The number of hydrogen-bond donors (Lipinski definition) is 0. The predicted octanol–water partition coefficient (Wildman–Crippen LogP) is 3.44. The number of nitrogens with zero attached hydrogens (tertiary/aromatic N) is 1. The van der Waals surface area contributed by atoms with E-state index in [4.69, 9.17) is 0 Å². The van der Waals surface area contributed by atoms with Crippen molar-refractivity contribution < 1.29 is 4.57 Å². The summed E-state index contributed by atoms with van der Waals surface area (Å²) in [4.78, 5) is 0. The molecule has 1 aromatic carbocycles. The lowest BCUT2D eigenvalue weighted by Crippen LogP contribution is -2.25. The minimum Gasteiger partial charge on any atom is -0.208 e. The third-order valence-corrected chi connectivity index (χ3v) is 2.81. The summed E-state index contributed by atoms with van der Waals surface area (Å²) in [6, 6.07) is 12.4. The first-order valence-corrected chi connectivity index (χ1v) is 5.92.